The average molecular weight is 315 g/mol. The summed E-state index contributed by atoms with van der Waals surface area (Å²) in [5.74, 6) is 0. The molecule has 0 aliphatic carbocycles. The summed E-state index contributed by atoms with van der Waals surface area (Å²) in [6.07, 6.45) is 1.97. The molecule has 2 rings (SSSR count). The zero-order valence-electron chi connectivity index (χ0n) is 11.3. The van der Waals surface area contributed by atoms with E-state index < -0.39 is 10.0 Å². The second kappa shape index (κ2) is 6.04. The van der Waals surface area contributed by atoms with Crippen LogP contribution in [0.5, 0.6) is 0 Å². The Hall–Kier alpha value is -1.22. The molecule has 0 aliphatic heterocycles. The van der Waals surface area contributed by atoms with Gasteiger partial charge in [0, 0.05) is 23.5 Å². The molecular weight excluding hydrogens is 298 g/mol. The number of aliphatic hydroxyl groups excluding tert-OH is 1. The number of aromatic nitrogens is 2. The molecule has 2 aromatic rings. The van der Waals surface area contributed by atoms with Crippen LogP contribution in [0.15, 0.2) is 28.7 Å². The zero-order chi connectivity index (χ0) is 14.8. The topological polar surface area (TPSA) is 86.3 Å². The van der Waals surface area contributed by atoms with E-state index in [1.165, 1.54) is 17.5 Å². The van der Waals surface area contributed by atoms with E-state index in [9.17, 15) is 8.42 Å². The highest BCUT2D eigenvalue weighted by atomic mass is 32.2. The number of nitrogens with zero attached hydrogens (tertiary/aromatic N) is 2. The minimum absolute atomic E-state index is 0.0412. The molecule has 1 unspecified atom stereocenters. The third-order valence-electron chi connectivity index (χ3n) is 3.18. The highest BCUT2D eigenvalue weighted by Crippen LogP contribution is 2.21. The highest BCUT2D eigenvalue weighted by molar-refractivity contribution is 7.89. The second-order valence-corrected chi connectivity index (χ2v) is 7.50. The van der Waals surface area contributed by atoms with Crippen LogP contribution in [0.2, 0.25) is 0 Å². The second-order valence-electron chi connectivity index (χ2n) is 4.54. The van der Waals surface area contributed by atoms with Crippen molar-refractivity contribution in [2.24, 2.45) is 0 Å². The Morgan fingerprint density at radius 2 is 2.30 bits per heavy atom. The standard InChI is InChI=1S/C12H17N3O3S2/c1-9(6-11-4-3-5-19-11)15(2)20(17,18)12-10(8-16)7-13-14-12/h3-5,7,9,16H,6,8H2,1-2H3,(H,13,14). The van der Waals surface area contributed by atoms with Gasteiger partial charge in [0.05, 0.1) is 12.8 Å². The van der Waals surface area contributed by atoms with Gasteiger partial charge in [0.2, 0.25) is 0 Å². The van der Waals surface area contributed by atoms with E-state index >= 15 is 0 Å². The number of nitrogens with one attached hydrogen (secondary N) is 1. The predicted octanol–water partition coefficient (Wildman–Crippen LogP) is 1.22. The lowest BCUT2D eigenvalue weighted by Crippen LogP contribution is -2.36. The Labute approximate surface area is 122 Å². The van der Waals surface area contributed by atoms with Crippen molar-refractivity contribution in [3.05, 3.63) is 34.2 Å². The first-order valence-corrected chi connectivity index (χ1v) is 8.42. The van der Waals surface area contributed by atoms with Crippen LogP contribution in [-0.4, -0.2) is 41.1 Å². The summed E-state index contributed by atoms with van der Waals surface area (Å²) in [4.78, 5) is 1.13. The zero-order valence-corrected chi connectivity index (χ0v) is 12.9. The molecule has 8 heteroatoms. The summed E-state index contributed by atoms with van der Waals surface area (Å²) < 4.78 is 26.3. The van der Waals surface area contributed by atoms with Gasteiger partial charge in [-0.3, -0.25) is 5.10 Å². The molecule has 0 spiro atoms. The van der Waals surface area contributed by atoms with Crippen molar-refractivity contribution in [2.75, 3.05) is 7.05 Å². The number of thiophene rings is 1. The van der Waals surface area contributed by atoms with Crippen LogP contribution < -0.4 is 0 Å². The molecule has 0 aliphatic rings. The van der Waals surface area contributed by atoms with Crippen molar-refractivity contribution >= 4 is 21.4 Å². The highest BCUT2D eigenvalue weighted by Gasteiger charge is 2.29. The number of hydrogen-bond donors (Lipinski definition) is 2. The van der Waals surface area contributed by atoms with Gasteiger partial charge in [-0.15, -0.1) is 11.3 Å². The van der Waals surface area contributed by atoms with Gasteiger partial charge in [0.1, 0.15) is 0 Å². The van der Waals surface area contributed by atoms with Gasteiger partial charge in [-0.1, -0.05) is 6.07 Å². The van der Waals surface area contributed by atoms with E-state index in [0.717, 1.165) is 4.88 Å². The molecule has 0 bridgehead atoms. The monoisotopic (exact) mass is 315 g/mol. The quantitative estimate of drug-likeness (QED) is 0.839. The third kappa shape index (κ3) is 2.93. The van der Waals surface area contributed by atoms with Gasteiger partial charge in [0.15, 0.2) is 5.03 Å². The maximum absolute atomic E-state index is 12.5. The molecule has 2 heterocycles. The molecule has 1 atom stereocenters. The lowest BCUT2D eigenvalue weighted by Gasteiger charge is -2.23. The van der Waals surface area contributed by atoms with Crippen LogP contribution in [0.25, 0.3) is 0 Å². The fourth-order valence-corrected chi connectivity index (χ4v) is 4.14. The lowest BCUT2D eigenvalue weighted by atomic mass is 10.2. The van der Waals surface area contributed by atoms with Gasteiger partial charge in [-0.25, -0.2) is 8.42 Å². The number of rotatable bonds is 6. The van der Waals surface area contributed by atoms with Crippen molar-refractivity contribution in [3.63, 3.8) is 0 Å². The SMILES string of the molecule is CC(Cc1cccs1)N(C)S(=O)(=O)c1[nH]ncc1CO. The first-order chi connectivity index (χ1) is 9.46. The predicted molar refractivity (Wildman–Crippen MR) is 76.9 cm³/mol. The number of hydrogen-bond acceptors (Lipinski definition) is 5. The van der Waals surface area contributed by atoms with Gasteiger partial charge >= 0.3 is 0 Å². The Kier molecular flexibility index (Phi) is 4.59. The Balaban J connectivity index is 2.20. The lowest BCUT2D eigenvalue weighted by molar-refractivity contribution is 0.277. The van der Waals surface area contributed by atoms with Crippen LogP contribution >= 0.6 is 11.3 Å². The van der Waals surface area contributed by atoms with Gasteiger partial charge in [-0.2, -0.15) is 9.40 Å². The molecule has 2 N–H and O–H groups in total. The van der Waals surface area contributed by atoms with Crippen LogP contribution in [0.1, 0.15) is 17.4 Å². The molecule has 0 saturated carbocycles. The Morgan fingerprint density at radius 3 is 2.90 bits per heavy atom. The maximum atomic E-state index is 12.5. The molecule has 0 fully saturated rings. The average Bonchev–Trinajstić information content (AvgIpc) is 3.08. The van der Waals surface area contributed by atoms with Crippen LogP contribution in [0, 0.1) is 0 Å². The first kappa shape index (κ1) is 15.2. The molecule has 0 amide bonds. The Morgan fingerprint density at radius 1 is 1.55 bits per heavy atom. The summed E-state index contributed by atoms with van der Waals surface area (Å²) in [6, 6.07) is 3.74. The summed E-state index contributed by atoms with van der Waals surface area (Å²) in [6.45, 7) is 1.49. The maximum Gasteiger partial charge on any atom is 0.260 e. The van der Waals surface area contributed by atoms with Crippen LogP contribution in [0.3, 0.4) is 0 Å². The first-order valence-electron chi connectivity index (χ1n) is 6.10. The van der Waals surface area contributed by atoms with E-state index in [1.807, 2.05) is 24.4 Å². The third-order valence-corrected chi connectivity index (χ3v) is 6.07. The normalized spacial score (nSPS) is 13.8. The number of aromatic amines is 1. The van der Waals surface area contributed by atoms with E-state index in [1.54, 1.807) is 11.3 Å². The molecule has 20 heavy (non-hydrogen) atoms. The Bertz CT molecular complexity index is 649. The summed E-state index contributed by atoms with van der Waals surface area (Å²) in [5.41, 5.74) is 0.278. The molecule has 0 aromatic carbocycles. The fourth-order valence-electron chi connectivity index (χ4n) is 1.86. The van der Waals surface area contributed by atoms with E-state index in [0.29, 0.717) is 6.42 Å². The van der Waals surface area contributed by atoms with Gasteiger partial charge in [0.25, 0.3) is 10.0 Å². The van der Waals surface area contributed by atoms with Crippen molar-refractivity contribution in [1.29, 1.82) is 0 Å². The number of H-pyrrole nitrogens is 1. The van der Waals surface area contributed by atoms with Crippen molar-refractivity contribution in [1.82, 2.24) is 14.5 Å². The molecule has 2 aromatic heterocycles. The molecule has 110 valence electrons. The van der Waals surface area contributed by atoms with Gasteiger partial charge < -0.3 is 5.11 Å². The van der Waals surface area contributed by atoms with Gasteiger partial charge in [-0.05, 0) is 24.8 Å². The molecule has 6 nitrogen and oxygen atoms in total. The van der Waals surface area contributed by atoms with Crippen LogP contribution in [-0.2, 0) is 23.1 Å². The van der Waals surface area contributed by atoms with E-state index in [2.05, 4.69) is 10.2 Å². The summed E-state index contributed by atoms with van der Waals surface area (Å²) in [7, 11) is -2.14. The van der Waals surface area contributed by atoms with E-state index in [4.69, 9.17) is 5.11 Å². The van der Waals surface area contributed by atoms with Crippen molar-refractivity contribution in [3.8, 4) is 0 Å². The van der Waals surface area contributed by atoms with Crippen LogP contribution in [0.4, 0.5) is 0 Å². The number of likely N-dealkylation sites (N-methyl/N-ethyl adjacent to an activating group) is 1. The molecular formula is C12H17N3O3S2. The van der Waals surface area contributed by atoms with E-state index in [-0.39, 0.29) is 23.2 Å². The summed E-state index contributed by atoms with van der Waals surface area (Å²) in [5, 5.41) is 17.2. The smallest absolute Gasteiger partial charge is 0.260 e. The van der Waals surface area contributed by atoms with Crippen molar-refractivity contribution in [2.45, 2.75) is 31.0 Å². The largest absolute Gasteiger partial charge is 0.392 e. The molecule has 0 saturated heterocycles. The fraction of sp³-hybridized carbons (Fsp3) is 0.417. The summed E-state index contributed by atoms with van der Waals surface area (Å²) >= 11 is 1.60. The molecule has 0 radical (unpaired) electrons. The minimum atomic E-state index is -3.68. The number of sulfonamides is 1. The van der Waals surface area contributed by atoms with Crippen molar-refractivity contribution < 1.29 is 13.5 Å². The number of aliphatic hydroxyl groups is 1. The minimum Gasteiger partial charge on any atom is -0.392 e.